The Hall–Kier alpha value is -0.200. The van der Waals surface area contributed by atoms with Gasteiger partial charge < -0.3 is 24.1 Å². The highest BCUT2D eigenvalue weighted by Crippen LogP contribution is 2.16. The average Bonchev–Trinajstić information content (AvgIpc) is 2.16. The first-order valence-corrected chi connectivity index (χ1v) is 5.31. The maximum atomic E-state index is 9.03. The third-order valence-electron chi connectivity index (χ3n) is 1.59. The molecule has 0 heterocycles. The van der Waals surface area contributed by atoms with E-state index in [1.807, 2.05) is 20.8 Å². The molecule has 0 bridgehead atoms. The van der Waals surface area contributed by atoms with Crippen LogP contribution in [-0.2, 0) is 18.9 Å². The number of hydrogen-bond donors (Lipinski definition) is 1. The van der Waals surface area contributed by atoms with E-state index in [1.54, 1.807) is 0 Å². The highest BCUT2D eigenvalue weighted by atomic mass is 16.9. The molecule has 0 saturated heterocycles. The van der Waals surface area contributed by atoms with Gasteiger partial charge in [-0.2, -0.15) is 0 Å². The predicted molar refractivity (Wildman–Crippen MR) is 55.2 cm³/mol. The molecular weight excluding hydrogens is 200 g/mol. The first-order chi connectivity index (χ1) is 7.10. The van der Waals surface area contributed by atoms with E-state index in [4.69, 9.17) is 24.1 Å². The first kappa shape index (κ1) is 14.8. The molecule has 0 aliphatic rings. The molecule has 1 atom stereocenters. The summed E-state index contributed by atoms with van der Waals surface area (Å²) in [4.78, 5) is 0. The van der Waals surface area contributed by atoms with Gasteiger partial charge in [-0.25, -0.2) is 0 Å². The molecule has 5 nitrogen and oxygen atoms in total. The van der Waals surface area contributed by atoms with Crippen LogP contribution in [0.25, 0.3) is 0 Å². The summed E-state index contributed by atoms with van der Waals surface area (Å²) in [5.74, 6) is -1.20. The van der Waals surface area contributed by atoms with Crippen molar-refractivity contribution >= 4 is 0 Å². The molecule has 0 radical (unpaired) electrons. The van der Waals surface area contributed by atoms with Gasteiger partial charge in [0, 0.05) is 19.8 Å². The standard InChI is InChI=1S/C10H22O5/c1-5-13-10(14-6-2,15-7-3)8-12-9(4)11/h9,11H,5-8H2,1-4H3. The lowest BCUT2D eigenvalue weighted by atomic mass is 10.5. The van der Waals surface area contributed by atoms with Crippen LogP contribution in [0.5, 0.6) is 0 Å². The van der Waals surface area contributed by atoms with Gasteiger partial charge in [-0.1, -0.05) is 0 Å². The maximum Gasteiger partial charge on any atom is 0.307 e. The fourth-order valence-electron chi connectivity index (χ4n) is 1.13. The van der Waals surface area contributed by atoms with Crippen LogP contribution in [0.1, 0.15) is 27.7 Å². The maximum absolute atomic E-state index is 9.03. The number of aliphatic hydroxyl groups excluding tert-OH is 1. The van der Waals surface area contributed by atoms with Crippen molar-refractivity contribution in [1.29, 1.82) is 0 Å². The van der Waals surface area contributed by atoms with E-state index in [0.29, 0.717) is 19.8 Å². The zero-order chi connectivity index (χ0) is 11.7. The Morgan fingerprint density at radius 1 is 1.00 bits per heavy atom. The minimum Gasteiger partial charge on any atom is -0.368 e. The van der Waals surface area contributed by atoms with E-state index >= 15 is 0 Å². The summed E-state index contributed by atoms with van der Waals surface area (Å²) in [5.41, 5.74) is 0. The molecule has 0 aromatic rings. The number of rotatable bonds is 9. The highest BCUT2D eigenvalue weighted by molar-refractivity contribution is 4.56. The van der Waals surface area contributed by atoms with Crippen molar-refractivity contribution in [3.8, 4) is 0 Å². The third-order valence-corrected chi connectivity index (χ3v) is 1.59. The molecule has 92 valence electrons. The molecule has 0 rings (SSSR count). The fraction of sp³-hybridized carbons (Fsp3) is 1.00. The Balaban J connectivity index is 4.31. The lowest BCUT2D eigenvalue weighted by molar-refractivity contribution is -0.398. The topological polar surface area (TPSA) is 57.2 Å². The van der Waals surface area contributed by atoms with Gasteiger partial charge in [-0.15, -0.1) is 0 Å². The van der Waals surface area contributed by atoms with Gasteiger partial charge in [0.1, 0.15) is 6.61 Å². The van der Waals surface area contributed by atoms with E-state index in [2.05, 4.69) is 0 Å². The summed E-state index contributed by atoms with van der Waals surface area (Å²) in [6, 6.07) is 0. The zero-order valence-corrected chi connectivity index (χ0v) is 9.99. The third kappa shape index (κ3) is 6.06. The average molecular weight is 222 g/mol. The fourth-order valence-corrected chi connectivity index (χ4v) is 1.13. The summed E-state index contributed by atoms with van der Waals surface area (Å²) in [6.45, 7) is 8.43. The van der Waals surface area contributed by atoms with Gasteiger partial charge in [-0.05, 0) is 27.7 Å². The Morgan fingerprint density at radius 3 is 1.67 bits per heavy atom. The van der Waals surface area contributed by atoms with Gasteiger partial charge in [-0.3, -0.25) is 0 Å². The monoisotopic (exact) mass is 222 g/mol. The molecule has 0 saturated carbocycles. The smallest absolute Gasteiger partial charge is 0.307 e. The van der Waals surface area contributed by atoms with Crippen LogP contribution in [0.4, 0.5) is 0 Å². The van der Waals surface area contributed by atoms with Crippen molar-refractivity contribution in [1.82, 2.24) is 0 Å². The van der Waals surface area contributed by atoms with Crippen molar-refractivity contribution < 1.29 is 24.1 Å². The normalized spacial score (nSPS) is 14.2. The second-order valence-electron chi connectivity index (χ2n) is 2.89. The Morgan fingerprint density at radius 2 is 1.40 bits per heavy atom. The highest BCUT2D eigenvalue weighted by Gasteiger charge is 2.33. The zero-order valence-electron chi connectivity index (χ0n) is 9.99. The van der Waals surface area contributed by atoms with Crippen LogP contribution < -0.4 is 0 Å². The molecule has 0 aliphatic carbocycles. The molecule has 1 unspecified atom stereocenters. The molecule has 0 spiro atoms. The van der Waals surface area contributed by atoms with Crippen molar-refractivity contribution in [2.45, 2.75) is 40.0 Å². The van der Waals surface area contributed by atoms with Crippen LogP contribution in [0, 0.1) is 0 Å². The molecule has 1 N–H and O–H groups in total. The number of aliphatic hydroxyl groups is 1. The largest absolute Gasteiger partial charge is 0.368 e. The molecule has 0 aliphatic heterocycles. The minimum absolute atomic E-state index is 0.0419. The molecule has 5 heteroatoms. The van der Waals surface area contributed by atoms with E-state index in [0.717, 1.165) is 0 Å². The van der Waals surface area contributed by atoms with E-state index in [1.165, 1.54) is 6.92 Å². The number of hydrogen-bond acceptors (Lipinski definition) is 5. The van der Waals surface area contributed by atoms with Crippen LogP contribution in [0.15, 0.2) is 0 Å². The molecule has 0 fully saturated rings. The second kappa shape index (κ2) is 8.01. The van der Waals surface area contributed by atoms with Gasteiger partial charge in [0.25, 0.3) is 0 Å². The SMILES string of the molecule is CCOC(COC(C)O)(OCC)OCC. The minimum atomic E-state index is -1.20. The Labute approximate surface area is 91.3 Å². The van der Waals surface area contributed by atoms with Crippen molar-refractivity contribution in [3.63, 3.8) is 0 Å². The Kier molecular flexibility index (Phi) is 7.90. The van der Waals surface area contributed by atoms with E-state index in [9.17, 15) is 0 Å². The quantitative estimate of drug-likeness (QED) is 0.592. The summed E-state index contributed by atoms with van der Waals surface area (Å²) in [6.07, 6.45) is -0.870. The van der Waals surface area contributed by atoms with E-state index in [-0.39, 0.29) is 6.61 Å². The molecule has 0 aromatic carbocycles. The van der Waals surface area contributed by atoms with Crippen LogP contribution >= 0.6 is 0 Å². The summed E-state index contributed by atoms with van der Waals surface area (Å²) < 4.78 is 21.2. The van der Waals surface area contributed by atoms with Gasteiger partial charge in [0.05, 0.1) is 0 Å². The van der Waals surface area contributed by atoms with Crippen LogP contribution in [0.2, 0.25) is 0 Å². The molecule has 15 heavy (non-hydrogen) atoms. The van der Waals surface area contributed by atoms with E-state index < -0.39 is 12.3 Å². The molecule has 0 amide bonds. The summed E-state index contributed by atoms with van der Waals surface area (Å²) in [7, 11) is 0. The lowest BCUT2D eigenvalue weighted by Crippen LogP contribution is -2.44. The van der Waals surface area contributed by atoms with Gasteiger partial charge in [0.2, 0.25) is 0 Å². The van der Waals surface area contributed by atoms with Crippen LogP contribution in [-0.4, -0.2) is 43.8 Å². The molecule has 0 aromatic heterocycles. The molecular formula is C10H22O5. The van der Waals surface area contributed by atoms with Crippen LogP contribution in [0.3, 0.4) is 0 Å². The van der Waals surface area contributed by atoms with Crippen molar-refractivity contribution in [3.05, 3.63) is 0 Å². The summed E-state index contributed by atoms with van der Waals surface area (Å²) in [5, 5.41) is 9.03. The van der Waals surface area contributed by atoms with Crippen molar-refractivity contribution in [2.24, 2.45) is 0 Å². The van der Waals surface area contributed by atoms with Crippen molar-refractivity contribution in [2.75, 3.05) is 26.4 Å². The summed E-state index contributed by atoms with van der Waals surface area (Å²) >= 11 is 0. The predicted octanol–water partition coefficient (Wildman–Crippen LogP) is 1.10. The first-order valence-electron chi connectivity index (χ1n) is 5.31. The Bertz CT molecular complexity index is 132. The van der Waals surface area contributed by atoms with Gasteiger partial charge in [0.15, 0.2) is 6.29 Å². The second-order valence-corrected chi connectivity index (χ2v) is 2.89. The lowest BCUT2D eigenvalue weighted by Gasteiger charge is -2.32. The van der Waals surface area contributed by atoms with Gasteiger partial charge >= 0.3 is 5.97 Å². The number of ether oxygens (including phenoxy) is 4.